The summed E-state index contributed by atoms with van der Waals surface area (Å²) in [4.78, 5) is 16.7. The normalized spacial score (nSPS) is 11.5. The molecule has 0 aliphatic heterocycles. The summed E-state index contributed by atoms with van der Waals surface area (Å²) in [6.45, 7) is 2.08. The van der Waals surface area contributed by atoms with Gasteiger partial charge in [-0.05, 0) is 18.4 Å². The highest BCUT2D eigenvalue weighted by atomic mass is 32.1. The number of carbonyl (C=O) groups is 1. The van der Waals surface area contributed by atoms with Crippen LogP contribution in [0, 0.1) is 0 Å². The van der Waals surface area contributed by atoms with Crippen LogP contribution < -0.4 is 0 Å². The highest BCUT2D eigenvalue weighted by molar-refractivity contribution is 7.23. The number of hydrogen-bond acceptors (Lipinski definition) is 5. The summed E-state index contributed by atoms with van der Waals surface area (Å²) in [7, 11) is 0. The second kappa shape index (κ2) is 4.53. The van der Waals surface area contributed by atoms with E-state index in [9.17, 15) is 4.79 Å². The van der Waals surface area contributed by atoms with Crippen molar-refractivity contribution in [2.45, 2.75) is 6.92 Å². The minimum absolute atomic E-state index is 0.109. The lowest BCUT2D eigenvalue weighted by molar-refractivity contribution is 0.0512. The van der Waals surface area contributed by atoms with Crippen LogP contribution in [-0.2, 0) is 4.74 Å². The molecule has 0 aliphatic carbocycles. The van der Waals surface area contributed by atoms with E-state index in [1.165, 1.54) is 11.3 Å². The van der Waals surface area contributed by atoms with E-state index in [-0.39, 0.29) is 5.82 Å². The van der Waals surface area contributed by atoms with Gasteiger partial charge in [-0.3, -0.25) is 0 Å². The Hall–Kier alpha value is -2.47. The molecule has 2 aromatic carbocycles. The summed E-state index contributed by atoms with van der Waals surface area (Å²) in [5, 5.41) is 6.55. The van der Waals surface area contributed by atoms with Crippen molar-refractivity contribution in [1.82, 2.24) is 14.6 Å². The molecule has 0 radical (unpaired) electrons. The minimum atomic E-state index is -0.484. The number of carbonyl (C=O) groups excluding carboxylic acids is 1. The fourth-order valence-corrected chi connectivity index (χ4v) is 3.40. The molecule has 2 heterocycles. The van der Waals surface area contributed by atoms with Gasteiger partial charge in [0.05, 0.1) is 16.8 Å². The van der Waals surface area contributed by atoms with Gasteiger partial charge in [-0.1, -0.05) is 41.7 Å². The Morgan fingerprint density at radius 1 is 1.29 bits per heavy atom. The highest BCUT2D eigenvalue weighted by Gasteiger charge is 2.18. The number of nitrogens with zero attached hydrogens (tertiary/aromatic N) is 3. The van der Waals surface area contributed by atoms with Gasteiger partial charge in [0.15, 0.2) is 0 Å². The van der Waals surface area contributed by atoms with E-state index in [1.54, 1.807) is 11.4 Å². The zero-order valence-electron chi connectivity index (χ0n) is 11.2. The van der Waals surface area contributed by atoms with Crippen LogP contribution in [0.15, 0.2) is 36.4 Å². The molecular formula is C15H11N3O2S. The number of thiazole rings is 1. The molecule has 0 spiro atoms. The lowest BCUT2D eigenvalue weighted by atomic mass is 10.1. The van der Waals surface area contributed by atoms with Crippen LogP contribution in [0.1, 0.15) is 17.5 Å². The first kappa shape index (κ1) is 12.3. The number of benzene rings is 2. The van der Waals surface area contributed by atoms with E-state index >= 15 is 0 Å². The Morgan fingerprint density at radius 3 is 3.00 bits per heavy atom. The summed E-state index contributed by atoms with van der Waals surface area (Å²) >= 11 is 1.51. The molecule has 0 unspecified atom stereocenters. The van der Waals surface area contributed by atoms with Crippen LogP contribution in [-0.4, -0.2) is 27.2 Å². The molecular weight excluding hydrogens is 286 g/mol. The van der Waals surface area contributed by atoms with Gasteiger partial charge in [-0.15, -0.1) is 5.10 Å². The Morgan fingerprint density at radius 2 is 2.14 bits per heavy atom. The zero-order valence-corrected chi connectivity index (χ0v) is 12.1. The Balaban J connectivity index is 2.04. The second-order valence-corrected chi connectivity index (χ2v) is 5.59. The molecule has 2 aromatic heterocycles. The van der Waals surface area contributed by atoms with Crippen LogP contribution in [0.2, 0.25) is 0 Å². The van der Waals surface area contributed by atoms with E-state index in [0.29, 0.717) is 11.6 Å². The first-order valence-corrected chi connectivity index (χ1v) is 7.43. The Bertz CT molecular complexity index is 987. The standard InChI is InChI=1S/C15H11N3O2S/c1-2-20-14(19)13-16-15-18(17-13)12-10-6-4-3-5-9(10)7-8-11(12)21-15/h3-8H,2H2,1H3. The van der Waals surface area contributed by atoms with Crippen molar-refractivity contribution >= 4 is 43.3 Å². The number of esters is 1. The third-order valence-corrected chi connectivity index (χ3v) is 4.31. The maximum atomic E-state index is 11.8. The van der Waals surface area contributed by atoms with E-state index in [1.807, 2.05) is 12.1 Å². The van der Waals surface area contributed by atoms with Gasteiger partial charge < -0.3 is 4.74 Å². The number of aromatic nitrogens is 3. The van der Waals surface area contributed by atoms with Crippen LogP contribution in [0.3, 0.4) is 0 Å². The van der Waals surface area contributed by atoms with E-state index in [2.05, 4.69) is 34.3 Å². The molecule has 104 valence electrons. The maximum absolute atomic E-state index is 11.8. The van der Waals surface area contributed by atoms with E-state index < -0.39 is 5.97 Å². The van der Waals surface area contributed by atoms with Gasteiger partial charge in [-0.2, -0.15) is 4.98 Å². The quantitative estimate of drug-likeness (QED) is 0.533. The number of hydrogen-bond donors (Lipinski definition) is 0. The molecule has 4 rings (SSSR count). The maximum Gasteiger partial charge on any atom is 0.378 e. The van der Waals surface area contributed by atoms with Crippen LogP contribution in [0.4, 0.5) is 0 Å². The van der Waals surface area contributed by atoms with Crippen molar-refractivity contribution in [1.29, 1.82) is 0 Å². The third kappa shape index (κ3) is 1.80. The van der Waals surface area contributed by atoms with Crippen molar-refractivity contribution < 1.29 is 9.53 Å². The molecule has 0 saturated heterocycles. The lowest BCUT2D eigenvalue weighted by Crippen LogP contribution is -2.07. The number of fused-ring (bicyclic) bond motifs is 5. The Labute approximate surface area is 123 Å². The average Bonchev–Trinajstić information content (AvgIpc) is 3.04. The molecule has 0 bridgehead atoms. The molecule has 5 nitrogen and oxygen atoms in total. The SMILES string of the molecule is CCOC(=O)c1nc2sc3ccc4ccccc4c3n2n1. The van der Waals surface area contributed by atoms with Gasteiger partial charge in [0.2, 0.25) is 4.96 Å². The fourth-order valence-electron chi connectivity index (χ4n) is 2.43. The van der Waals surface area contributed by atoms with Crippen molar-refractivity contribution in [2.75, 3.05) is 6.61 Å². The van der Waals surface area contributed by atoms with Gasteiger partial charge in [0, 0.05) is 5.39 Å². The fraction of sp³-hybridized carbons (Fsp3) is 0.133. The highest BCUT2D eigenvalue weighted by Crippen LogP contribution is 2.31. The lowest BCUT2D eigenvalue weighted by Gasteiger charge is -1.99. The van der Waals surface area contributed by atoms with Gasteiger partial charge in [-0.25, -0.2) is 9.31 Å². The van der Waals surface area contributed by atoms with E-state index in [4.69, 9.17) is 4.74 Å². The first-order valence-electron chi connectivity index (χ1n) is 6.62. The van der Waals surface area contributed by atoms with Gasteiger partial charge >= 0.3 is 5.97 Å². The van der Waals surface area contributed by atoms with Gasteiger partial charge in [0.25, 0.3) is 5.82 Å². The Kier molecular flexibility index (Phi) is 2.65. The largest absolute Gasteiger partial charge is 0.460 e. The third-order valence-electron chi connectivity index (χ3n) is 3.31. The topological polar surface area (TPSA) is 56.5 Å². The molecule has 0 saturated carbocycles. The van der Waals surface area contributed by atoms with Crippen molar-refractivity contribution in [3.8, 4) is 0 Å². The van der Waals surface area contributed by atoms with E-state index in [0.717, 1.165) is 21.0 Å². The molecule has 0 N–H and O–H groups in total. The van der Waals surface area contributed by atoms with Crippen molar-refractivity contribution in [2.24, 2.45) is 0 Å². The van der Waals surface area contributed by atoms with Crippen LogP contribution in [0.25, 0.3) is 25.9 Å². The molecule has 21 heavy (non-hydrogen) atoms. The first-order chi connectivity index (χ1) is 10.3. The zero-order chi connectivity index (χ0) is 14.4. The predicted octanol–water partition coefficient (Wildman–Crippen LogP) is 3.27. The number of ether oxygens (including phenoxy) is 1. The summed E-state index contributed by atoms with van der Waals surface area (Å²) in [6.07, 6.45) is 0. The monoisotopic (exact) mass is 297 g/mol. The molecule has 0 fully saturated rings. The summed E-state index contributed by atoms with van der Waals surface area (Å²) < 4.78 is 7.78. The summed E-state index contributed by atoms with van der Waals surface area (Å²) in [5.41, 5.74) is 0.983. The summed E-state index contributed by atoms with van der Waals surface area (Å²) in [5.74, 6) is -0.375. The molecule has 4 aromatic rings. The molecule has 0 atom stereocenters. The number of rotatable bonds is 2. The van der Waals surface area contributed by atoms with Crippen molar-refractivity contribution in [3.05, 3.63) is 42.2 Å². The van der Waals surface area contributed by atoms with Crippen LogP contribution in [0.5, 0.6) is 0 Å². The molecule has 0 amide bonds. The molecule has 6 heteroatoms. The average molecular weight is 297 g/mol. The van der Waals surface area contributed by atoms with Gasteiger partial charge in [0.1, 0.15) is 0 Å². The smallest absolute Gasteiger partial charge is 0.378 e. The predicted molar refractivity (Wildman–Crippen MR) is 81.8 cm³/mol. The van der Waals surface area contributed by atoms with Crippen LogP contribution >= 0.6 is 11.3 Å². The minimum Gasteiger partial charge on any atom is -0.460 e. The van der Waals surface area contributed by atoms with Crippen molar-refractivity contribution in [3.63, 3.8) is 0 Å². The second-order valence-electron chi connectivity index (χ2n) is 4.59. The summed E-state index contributed by atoms with van der Waals surface area (Å²) in [6, 6.07) is 12.2. The molecule has 0 aliphatic rings.